The Hall–Kier alpha value is -0.0800. The summed E-state index contributed by atoms with van der Waals surface area (Å²) in [6, 6.07) is 0.699. The summed E-state index contributed by atoms with van der Waals surface area (Å²) in [6.07, 6.45) is 7.59. The fraction of sp³-hybridized carbons (Fsp3) is 1.00. The van der Waals surface area contributed by atoms with Gasteiger partial charge in [-0.3, -0.25) is 0 Å². The Morgan fingerprint density at radius 1 is 1.11 bits per heavy atom. The third kappa shape index (κ3) is 5.43. The zero-order valence-corrected chi connectivity index (χ0v) is 14.0. The Labute approximate surface area is 120 Å². The summed E-state index contributed by atoms with van der Waals surface area (Å²) in [5.74, 6) is 0.699. The van der Waals surface area contributed by atoms with E-state index in [9.17, 15) is 0 Å². The molecule has 114 valence electrons. The van der Waals surface area contributed by atoms with E-state index in [1.165, 1.54) is 38.5 Å². The molecular weight excluding hydrogens is 234 g/mol. The molecule has 1 N–H and O–H groups in total. The fourth-order valence-electron chi connectivity index (χ4n) is 3.57. The fourth-order valence-corrected chi connectivity index (χ4v) is 3.57. The van der Waals surface area contributed by atoms with Crippen molar-refractivity contribution in [2.75, 3.05) is 6.54 Å². The van der Waals surface area contributed by atoms with E-state index < -0.39 is 0 Å². The minimum absolute atomic E-state index is 0.0466. The highest BCUT2D eigenvalue weighted by Gasteiger charge is 2.45. The molecule has 2 atom stereocenters. The van der Waals surface area contributed by atoms with Crippen LogP contribution < -0.4 is 5.32 Å². The molecule has 0 spiro atoms. The van der Waals surface area contributed by atoms with Gasteiger partial charge >= 0.3 is 0 Å². The molecule has 1 rings (SSSR count). The first-order valence-electron chi connectivity index (χ1n) is 8.24. The molecule has 1 aliphatic heterocycles. The van der Waals surface area contributed by atoms with Gasteiger partial charge < -0.3 is 10.1 Å². The van der Waals surface area contributed by atoms with E-state index in [1.807, 2.05) is 0 Å². The van der Waals surface area contributed by atoms with Crippen LogP contribution in [0.15, 0.2) is 0 Å². The number of hydrogen-bond donors (Lipinski definition) is 1. The van der Waals surface area contributed by atoms with Gasteiger partial charge in [0.05, 0.1) is 11.2 Å². The molecule has 2 nitrogen and oxygen atoms in total. The quantitative estimate of drug-likeness (QED) is 0.699. The summed E-state index contributed by atoms with van der Waals surface area (Å²) in [4.78, 5) is 0. The standard InChI is InChI=1S/C17H35NO/c1-7-9-15(18-12-8-2)11-10-14-13-16(3,4)19-17(14,5)6/h14-15,18H,7-13H2,1-6H3. The lowest BCUT2D eigenvalue weighted by Crippen LogP contribution is -2.33. The van der Waals surface area contributed by atoms with Crippen molar-refractivity contribution in [1.29, 1.82) is 0 Å². The van der Waals surface area contributed by atoms with Crippen molar-refractivity contribution in [1.82, 2.24) is 5.32 Å². The topological polar surface area (TPSA) is 21.3 Å². The largest absolute Gasteiger partial charge is 0.369 e. The van der Waals surface area contributed by atoms with Crippen molar-refractivity contribution in [3.8, 4) is 0 Å². The lowest BCUT2D eigenvalue weighted by Gasteiger charge is -2.28. The minimum atomic E-state index is 0.0466. The van der Waals surface area contributed by atoms with E-state index in [4.69, 9.17) is 4.74 Å². The first-order chi connectivity index (χ1) is 8.80. The van der Waals surface area contributed by atoms with Gasteiger partial charge in [0.15, 0.2) is 0 Å². The zero-order chi connectivity index (χ0) is 14.5. The first-order valence-corrected chi connectivity index (χ1v) is 8.24. The van der Waals surface area contributed by atoms with Gasteiger partial charge in [0.1, 0.15) is 0 Å². The third-order valence-corrected chi connectivity index (χ3v) is 4.44. The van der Waals surface area contributed by atoms with Gasteiger partial charge in [-0.25, -0.2) is 0 Å². The Balaban J connectivity index is 2.45. The van der Waals surface area contributed by atoms with Gasteiger partial charge in [-0.2, -0.15) is 0 Å². The summed E-state index contributed by atoms with van der Waals surface area (Å²) < 4.78 is 6.20. The van der Waals surface area contributed by atoms with E-state index in [1.54, 1.807) is 0 Å². The van der Waals surface area contributed by atoms with Crippen LogP contribution >= 0.6 is 0 Å². The Kier molecular flexibility index (Phi) is 6.32. The highest BCUT2D eigenvalue weighted by Crippen LogP contribution is 2.44. The van der Waals surface area contributed by atoms with E-state index >= 15 is 0 Å². The van der Waals surface area contributed by atoms with Crippen LogP contribution in [-0.4, -0.2) is 23.8 Å². The van der Waals surface area contributed by atoms with Crippen molar-refractivity contribution in [3.05, 3.63) is 0 Å². The molecule has 0 radical (unpaired) electrons. The summed E-state index contributed by atoms with van der Waals surface area (Å²) in [7, 11) is 0. The van der Waals surface area contributed by atoms with Crippen LogP contribution in [-0.2, 0) is 4.74 Å². The summed E-state index contributed by atoms with van der Waals surface area (Å²) >= 11 is 0. The number of nitrogens with one attached hydrogen (secondary N) is 1. The van der Waals surface area contributed by atoms with Gasteiger partial charge in [-0.1, -0.05) is 20.3 Å². The summed E-state index contributed by atoms with van der Waals surface area (Å²) in [5.41, 5.74) is 0.107. The normalized spacial score (nSPS) is 26.5. The second-order valence-electron chi connectivity index (χ2n) is 7.38. The molecule has 0 amide bonds. The number of ether oxygens (including phenoxy) is 1. The highest BCUT2D eigenvalue weighted by atomic mass is 16.5. The summed E-state index contributed by atoms with van der Waals surface area (Å²) in [5, 5.41) is 3.70. The average Bonchev–Trinajstić information content (AvgIpc) is 2.50. The molecule has 1 aliphatic rings. The van der Waals surface area contributed by atoms with Gasteiger partial charge in [-0.05, 0) is 72.3 Å². The second kappa shape index (κ2) is 7.08. The van der Waals surface area contributed by atoms with Gasteiger partial charge in [0.25, 0.3) is 0 Å². The van der Waals surface area contributed by atoms with Gasteiger partial charge in [-0.15, -0.1) is 0 Å². The molecule has 0 aliphatic carbocycles. The van der Waals surface area contributed by atoms with Crippen LogP contribution in [0.25, 0.3) is 0 Å². The molecule has 2 unspecified atom stereocenters. The molecule has 0 saturated carbocycles. The molecule has 1 heterocycles. The predicted octanol–water partition coefficient (Wildman–Crippen LogP) is 4.53. The molecule has 0 aromatic heterocycles. The van der Waals surface area contributed by atoms with Crippen molar-refractivity contribution in [3.63, 3.8) is 0 Å². The molecule has 1 saturated heterocycles. The molecule has 0 aromatic rings. The van der Waals surface area contributed by atoms with Crippen LogP contribution in [0.3, 0.4) is 0 Å². The molecule has 0 bridgehead atoms. The van der Waals surface area contributed by atoms with Crippen molar-refractivity contribution >= 4 is 0 Å². The van der Waals surface area contributed by atoms with E-state index in [2.05, 4.69) is 46.9 Å². The average molecular weight is 269 g/mol. The van der Waals surface area contributed by atoms with Gasteiger partial charge in [0, 0.05) is 6.04 Å². The lowest BCUT2D eigenvalue weighted by molar-refractivity contribution is -0.0754. The highest BCUT2D eigenvalue weighted by molar-refractivity contribution is 4.94. The van der Waals surface area contributed by atoms with Gasteiger partial charge in [0.2, 0.25) is 0 Å². The van der Waals surface area contributed by atoms with E-state index in [0.29, 0.717) is 12.0 Å². The van der Waals surface area contributed by atoms with Crippen molar-refractivity contribution in [2.45, 2.75) is 97.3 Å². The maximum absolute atomic E-state index is 6.20. The maximum Gasteiger partial charge on any atom is 0.0662 e. The van der Waals surface area contributed by atoms with Crippen LogP contribution in [0.4, 0.5) is 0 Å². The zero-order valence-electron chi connectivity index (χ0n) is 14.0. The van der Waals surface area contributed by atoms with Crippen molar-refractivity contribution in [2.24, 2.45) is 5.92 Å². The van der Waals surface area contributed by atoms with E-state index in [-0.39, 0.29) is 11.2 Å². The summed E-state index contributed by atoms with van der Waals surface area (Å²) in [6.45, 7) is 14.7. The van der Waals surface area contributed by atoms with Crippen molar-refractivity contribution < 1.29 is 4.74 Å². The Morgan fingerprint density at radius 3 is 2.26 bits per heavy atom. The maximum atomic E-state index is 6.20. The first kappa shape index (κ1) is 17.0. The second-order valence-corrected chi connectivity index (χ2v) is 7.38. The van der Waals surface area contributed by atoms with Crippen LogP contribution in [0, 0.1) is 5.92 Å². The number of rotatable bonds is 8. The number of hydrogen-bond acceptors (Lipinski definition) is 2. The van der Waals surface area contributed by atoms with Crippen LogP contribution in [0.2, 0.25) is 0 Å². The molecule has 19 heavy (non-hydrogen) atoms. The lowest BCUT2D eigenvalue weighted by atomic mass is 9.82. The van der Waals surface area contributed by atoms with E-state index in [0.717, 1.165) is 6.54 Å². The van der Waals surface area contributed by atoms with Crippen LogP contribution in [0.5, 0.6) is 0 Å². The smallest absolute Gasteiger partial charge is 0.0662 e. The third-order valence-electron chi connectivity index (χ3n) is 4.44. The molecular formula is C17H35NO. The Bertz CT molecular complexity index is 260. The monoisotopic (exact) mass is 269 g/mol. The minimum Gasteiger partial charge on any atom is -0.369 e. The molecule has 1 fully saturated rings. The van der Waals surface area contributed by atoms with Crippen LogP contribution in [0.1, 0.15) is 80.1 Å². The molecule has 0 aromatic carbocycles. The predicted molar refractivity (Wildman–Crippen MR) is 83.6 cm³/mol. The Morgan fingerprint density at radius 2 is 1.79 bits per heavy atom. The SMILES string of the molecule is CCCNC(CCC)CCC1CC(C)(C)OC1(C)C. The molecule has 2 heteroatoms.